The maximum atomic E-state index is 13.6. The molecule has 0 saturated heterocycles. The summed E-state index contributed by atoms with van der Waals surface area (Å²) < 4.78 is 0. The molecule has 0 saturated carbocycles. The maximum Gasteiger partial charge on any atom is 0.193 e. The molecule has 0 amide bonds. The highest BCUT2D eigenvalue weighted by atomic mass is 16.1. The average Bonchev–Trinajstić information content (AvgIpc) is 2.91. The first-order valence-electron chi connectivity index (χ1n) is 11.5. The van der Waals surface area contributed by atoms with Gasteiger partial charge in [-0.05, 0) is 41.0 Å². The van der Waals surface area contributed by atoms with E-state index in [2.05, 4.69) is 71.6 Å². The second-order valence-electron chi connectivity index (χ2n) is 8.73. The Bertz CT molecular complexity index is 1490. The number of para-hydroxylation sites is 2. The van der Waals surface area contributed by atoms with Crippen LogP contribution in [0.3, 0.4) is 0 Å². The lowest BCUT2D eigenvalue weighted by atomic mass is 9.58. The van der Waals surface area contributed by atoms with Gasteiger partial charge < -0.3 is 0 Å². The first-order chi connectivity index (χ1) is 16.8. The summed E-state index contributed by atoms with van der Waals surface area (Å²) in [5.74, 6) is 0.955. The molecule has 4 aromatic carbocycles. The summed E-state index contributed by atoms with van der Waals surface area (Å²) in [5, 5.41) is 0. The molecule has 0 unspecified atom stereocenters. The van der Waals surface area contributed by atoms with Crippen LogP contribution in [0.15, 0.2) is 121 Å². The summed E-state index contributed by atoms with van der Waals surface area (Å²) in [6, 6.07) is 39.1. The second-order valence-corrected chi connectivity index (χ2v) is 8.73. The Balaban J connectivity index is 1.69. The number of ketones is 1. The first-order valence-corrected chi connectivity index (χ1v) is 11.5. The van der Waals surface area contributed by atoms with Crippen LogP contribution in [0.1, 0.15) is 38.2 Å². The second kappa shape index (κ2) is 7.00. The number of hydrogen-bond donors (Lipinski definition) is 0. The van der Waals surface area contributed by atoms with E-state index in [1.54, 1.807) is 0 Å². The van der Waals surface area contributed by atoms with Crippen LogP contribution in [0.4, 0.5) is 17.2 Å². The molecule has 0 radical (unpaired) electrons. The van der Waals surface area contributed by atoms with Gasteiger partial charge in [0.2, 0.25) is 0 Å². The third kappa shape index (κ3) is 2.31. The van der Waals surface area contributed by atoms with E-state index in [-0.39, 0.29) is 5.78 Å². The fourth-order valence-electron chi connectivity index (χ4n) is 5.84. The Morgan fingerprint density at radius 3 is 1.82 bits per heavy atom. The van der Waals surface area contributed by atoms with E-state index in [0.717, 1.165) is 50.6 Å². The van der Waals surface area contributed by atoms with E-state index < -0.39 is 5.41 Å². The molecule has 0 N–H and O–H groups in total. The highest BCUT2D eigenvalue weighted by Crippen LogP contribution is 2.59. The normalized spacial score (nSPS) is 14.7. The lowest BCUT2D eigenvalue weighted by Gasteiger charge is -2.48. The zero-order valence-electron chi connectivity index (χ0n) is 18.3. The van der Waals surface area contributed by atoms with Gasteiger partial charge in [0.05, 0.1) is 11.1 Å². The van der Waals surface area contributed by atoms with E-state index in [0.29, 0.717) is 0 Å². The smallest absolute Gasteiger partial charge is 0.193 e. The Labute approximate surface area is 198 Å². The minimum absolute atomic E-state index is 0.0743. The molecule has 34 heavy (non-hydrogen) atoms. The van der Waals surface area contributed by atoms with Gasteiger partial charge in [-0.1, -0.05) is 91.0 Å². The number of carbonyl (C=O) groups is 1. The van der Waals surface area contributed by atoms with E-state index >= 15 is 0 Å². The van der Waals surface area contributed by atoms with Crippen LogP contribution < -0.4 is 4.90 Å². The van der Waals surface area contributed by atoms with E-state index in [4.69, 9.17) is 4.98 Å². The van der Waals surface area contributed by atoms with Crippen molar-refractivity contribution in [1.29, 1.82) is 0 Å². The Morgan fingerprint density at radius 1 is 0.559 bits per heavy atom. The number of fused-ring (bicyclic) bond motifs is 8. The highest BCUT2D eigenvalue weighted by Gasteiger charge is 2.51. The molecule has 0 atom stereocenters. The number of nitrogens with zero attached hydrogens (tertiary/aromatic N) is 2. The van der Waals surface area contributed by atoms with Crippen molar-refractivity contribution in [3.8, 4) is 0 Å². The van der Waals surface area contributed by atoms with Crippen LogP contribution >= 0.6 is 0 Å². The monoisotopic (exact) mass is 436 g/mol. The number of carbonyl (C=O) groups excluding carboxylic acids is 1. The van der Waals surface area contributed by atoms with Crippen molar-refractivity contribution in [2.24, 2.45) is 0 Å². The third-order valence-electron chi connectivity index (χ3n) is 7.12. The van der Waals surface area contributed by atoms with Crippen molar-refractivity contribution in [3.63, 3.8) is 0 Å². The minimum Gasteiger partial charge on any atom is -0.294 e. The molecule has 1 spiro atoms. The van der Waals surface area contributed by atoms with Crippen molar-refractivity contribution in [3.05, 3.63) is 155 Å². The molecule has 1 aromatic heterocycles. The zero-order chi connectivity index (χ0) is 22.7. The zero-order valence-corrected chi connectivity index (χ0v) is 18.3. The number of benzene rings is 4. The summed E-state index contributed by atoms with van der Waals surface area (Å²) in [5.41, 5.74) is 7.21. The fourth-order valence-corrected chi connectivity index (χ4v) is 5.84. The quantitative estimate of drug-likeness (QED) is 0.284. The molecule has 1 aliphatic carbocycles. The molecule has 2 aliphatic rings. The Hall–Kier alpha value is -4.50. The van der Waals surface area contributed by atoms with Crippen molar-refractivity contribution in [2.75, 3.05) is 4.90 Å². The van der Waals surface area contributed by atoms with Crippen LogP contribution in [-0.4, -0.2) is 10.8 Å². The summed E-state index contributed by atoms with van der Waals surface area (Å²) in [4.78, 5) is 20.8. The van der Waals surface area contributed by atoms with Gasteiger partial charge in [0.25, 0.3) is 0 Å². The topological polar surface area (TPSA) is 33.2 Å². The minimum atomic E-state index is -0.646. The third-order valence-corrected chi connectivity index (χ3v) is 7.12. The largest absolute Gasteiger partial charge is 0.294 e. The molecule has 7 rings (SSSR count). The van der Waals surface area contributed by atoms with Crippen LogP contribution in [0.2, 0.25) is 0 Å². The summed E-state index contributed by atoms with van der Waals surface area (Å²) in [6.07, 6.45) is 1.85. The van der Waals surface area contributed by atoms with Gasteiger partial charge >= 0.3 is 0 Å². The molecule has 5 aromatic rings. The molecule has 3 nitrogen and oxygen atoms in total. The molecular formula is C31H20N2O. The lowest BCUT2D eigenvalue weighted by Crippen LogP contribution is -2.42. The van der Waals surface area contributed by atoms with E-state index in [1.165, 1.54) is 0 Å². The highest BCUT2D eigenvalue weighted by molar-refractivity contribution is 6.14. The predicted octanol–water partition coefficient (Wildman–Crippen LogP) is 6.79. The van der Waals surface area contributed by atoms with Crippen LogP contribution in [0.25, 0.3) is 0 Å². The van der Waals surface area contributed by atoms with Crippen molar-refractivity contribution in [1.82, 2.24) is 4.98 Å². The molecule has 2 heterocycles. The predicted molar refractivity (Wildman–Crippen MR) is 134 cm³/mol. The molecule has 0 fully saturated rings. The molecule has 1 aliphatic heterocycles. The van der Waals surface area contributed by atoms with Crippen molar-refractivity contribution in [2.45, 2.75) is 5.41 Å². The van der Waals surface area contributed by atoms with Gasteiger partial charge in [-0.15, -0.1) is 0 Å². The number of aromatic nitrogens is 1. The van der Waals surface area contributed by atoms with E-state index in [1.807, 2.05) is 54.7 Å². The Morgan fingerprint density at radius 2 is 1.12 bits per heavy atom. The first kappa shape index (κ1) is 19.0. The summed E-state index contributed by atoms with van der Waals surface area (Å²) in [6.45, 7) is 0. The average molecular weight is 437 g/mol. The van der Waals surface area contributed by atoms with Crippen LogP contribution in [-0.2, 0) is 5.41 Å². The Kier molecular flexibility index (Phi) is 3.91. The van der Waals surface area contributed by atoms with Crippen molar-refractivity contribution < 1.29 is 4.79 Å². The number of pyridine rings is 1. The van der Waals surface area contributed by atoms with Gasteiger partial charge in [-0.2, -0.15) is 0 Å². The standard InChI is InChI=1S/C31H20N2O/c34-29-22-13-4-6-15-24(22)31(25-16-7-5-14-23(25)29)26-17-8-9-19-28(26)33(21-11-2-1-3-12-21)30-27(31)18-10-20-32-30/h1-20H. The van der Waals surface area contributed by atoms with Gasteiger partial charge in [-0.25, -0.2) is 4.98 Å². The summed E-state index contributed by atoms with van der Waals surface area (Å²) >= 11 is 0. The summed E-state index contributed by atoms with van der Waals surface area (Å²) in [7, 11) is 0. The maximum absolute atomic E-state index is 13.6. The molecule has 160 valence electrons. The van der Waals surface area contributed by atoms with Crippen molar-refractivity contribution >= 4 is 23.0 Å². The number of rotatable bonds is 1. The van der Waals surface area contributed by atoms with Gasteiger partial charge in [0.1, 0.15) is 5.82 Å². The lowest BCUT2D eigenvalue weighted by molar-refractivity contribution is 0.103. The van der Waals surface area contributed by atoms with Gasteiger partial charge in [0.15, 0.2) is 5.78 Å². The van der Waals surface area contributed by atoms with Crippen LogP contribution in [0, 0.1) is 0 Å². The number of anilines is 3. The molecule has 0 bridgehead atoms. The van der Waals surface area contributed by atoms with Gasteiger partial charge in [0, 0.05) is 28.6 Å². The van der Waals surface area contributed by atoms with Gasteiger partial charge in [-0.3, -0.25) is 9.69 Å². The molecule has 3 heteroatoms. The molecular weight excluding hydrogens is 416 g/mol. The fraction of sp³-hybridized carbons (Fsp3) is 0.0323. The van der Waals surface area contributed by atoms with E-state index in [9.17, 15) is 4.79 Å². The van der Waals surface area contributed by atoms with Crippen LogP contribution in [0.5, 0.6) is 0 Å². The number of hydrogen-bond acceptors (Lipinski definition) is 3. The SMILES string of the molecule is O=C1c2ccccc2C2(c3ccccc31)c1ccccc1N(c1ccccc1)c1ncccc12.